The van der Waals surface area contributed by atoms with Crippen molar-refractivity contribution in [1.82, 2.24) is 9.80 Å². The van der Waals surface area contributed by atoms with E-state index in [4.69, 9.17) is 0 Å². The van der Waals surface area contributed by atoms with Crippen molar-refractivity contribution < 1.29 is 9.53 Å². The third kappa shape index (κ3) is 4.48. The van der Waals surface area contributed by atoms with Crippen molar-refractivity contribution in [2.45, 2.75) is 25.8 Å². The number of methoxy groups -OCH3 is 1. The second-order valence-corrected chi connectivity index (χ2v) is 4.93. The van der Waals surface area contributed by atoms with Crippen LogP contribution in [0.5, 0.6) is 0 Å². The molecule has 98 valence electrons. The summed E-state index contributed by atoms with van der Waals surface area (Å²) in [6, 6.07) is 0.617. The largest absolute Gasteiger partial charge is 0.466 e. The van der Waals surface area contributed by atoms with Gasteiger partial charge in [-0.05, 0) is 40.4 Å². The molecule has 1 saturated heterocycles. The van der Waals surface area contributed by atoms with Gasteiger partial charge in [-0.15, -0.1) is 0 Å². The number of carbonyl (C=O) groups is 1. The normalized spacial score (nSPS) is 22.2. The second-order valence-electron chi connectivity index (χ2n) is 4.93. The first-order chi connectivity index (χ1) is 8.04. The zero-order valence-electron chi connectivity index (χ0n) is 11.4. The maximum Gasteiger partial charge on any atom is 0.333 e. The predicted molar refractivity (Wildman–Crippen MR) is 68.9 cm³/mol. The molecule has 0 spiro atoms. The summed E-state index contributed by atoms with van der Waals surface area (Å²) < 4.78 is 4.68. The van der Waals surface area contributed by atoms with Gasteiger partial charge in [-0.1, -0.05) is 6.08 Å². The molecule has 0 aromatic heterocycles. The molecule has 1 aliphatic rings. The quantitative estimate of drug-likeness (QED) is 0.533. The SMILES string of the molecule is COC(=O)C(C)=CCN1CCCC1CN(C)C. The van der Waals surface area contributed by atoms with Crippen LogP contribution in [0.2, 0.25) is 0 Å². The number of esters is 1. The van der Waals surface area contributed by atoms with Crippen molar-refractivity contribution in [2.75, 3.05) is 40.8 Å². The number of nitrogens with zero attached hydrogens (tertiary/aromatic N) is 2. The predicted octanol–water partition coefficient (Wildman–Crippen LogP) is 1.13. The Kier molecular flexibility index (Phi) is 5.65. The zero-order valence-corrected chi connectivity index (χ0v) is 11.4. The minimum absolute atomic E-state index is 0.228. The Morgan fingerprint density at radius 2 is 2.24 bits per heavy atom. The molecule has 17 heavy (non-hydrogen) atoms. The molecule has 1 fully saturated rings. The van der Waals surface area contributed by atoms with Gasteiger partial charge in [-0.2, -0.15) is 0 Å². The van der Waals surface area contributed by atoms with Crippen molar-refractivity contribution >= 4 is 5.97 Å². The fourth-order valence-electron chi connectivity index (χ4n) is 2.26. The van der Waals surface area contributed by atoms with Gasteiger partial charge in [0, 0.05) is 24.7 Å². The van der Waals surface area contributed by atoms with E-state index in [0.717, 1.165) is 19.6 Å². The zero-order chi connectivity index (χ0) is 12.8. The van der Waals surface area contributed by atoms with Gasteiger partial charge in [0.1, 0.15) is 0 Å². The van der Waals surface area contributed by atoms with Crippen LogP contribution >= 0.6 is 0 Å². The number of likely N-dealkylation sites (tertiary alicyclic amines) is 1. The summed E-state index contributed by atoms with van der Waals surface area (Å²) in [5.74, 6) is -0.228. The van der Waals surface area contributed by atoms with Gasteiger partial charge in [-0.3, -0.25) is 4.90 Å². The Bertz CT molecular complexity index is 287. The van der Waals surface area contributed by atoms with E-state index in [1.165, 1.54) is 20.0 Å². The Morgan fingerprint density at radius 3 is 2.82 bits per heavy atom. The van der Waals surface area contributed by atoms with Crippen LogP contribution in [0.1, 0.15) is 19.8 Å². The van der Waals surface area contributed by atoms with E-state index in [1.54, 1.807) is 0 Å². The summed E-state index contributed by atoms with van der Waals surface area (Å²) in [5.41, 5.74) is 0.697. The highest BCUT2D eigenvalue weighted by Crippen LogP contribution is 2.17. The van der Waals surface area contributed by atoms with E-state index >= 15 is 0 Å². The molecule has 0 saturated carbocycles. The Labute approximate surface area is 104 Å². The first kappa shape index (κ1) is 14.2. The highest BCUT2D eigenvalue weighted by atomic mass is 16.5. The molecule has 0 amide bonds. The smallest absolute Gasteiger partial charge is 0.333 e. The van der Waals surface area contributed by atoms with Crippen LogP contribution in [0, 0.1) is 0 Å². The monoisotopic (exact) mass is 240 g/mol. The molecule has 4 heteroatoms. The average molecular weight is 240 g/mol. The van der Waals surface area contributed by atoms with Crippen molar-refractivity contribution in [1.29, 1.82) is 0 Å². The summed E-state index contributed by atoms with van der Waals surface area (Å²) in [6.45, 7) is 4.87. The molecule has 1 aliphatic heterocycles. The maximum absolute atomic E-state index is 11.3. The van der Waals surface area contributed by atoms with Gasteiger partial charge in [0.05, 0.1) is 7.11 Å². The lowest BCUT2D eigenvalue weighted by atomic mass is 10.2. The van der Waals surface area contributed by atoms with E-state index in [2.05, 4.69) is 28.6 Å². The average Bonchev–Trinajstić information content (AvgIpc) is 2.71. The molecule has 1 atom stereocenters. The number of hydrogen-bond acceptors (Lipinski definition) is 4. The third-order valence-corrected chi connectivity index (χ3v) is 3.21. The van der Waals surface area contributed by atoms with Crippen LogP contribution in [0.3, 0.4) is 0 Å². The lowest BCUT2D eigenvalue weighted by Crippen LogP contribution is -2.37. The number of rotatable bonds is 5. The van der Waals surface area contributed by atoms with Crippen LogP contribution in [0.4, 0.5) is 0 Å². The molecule has 1 unspecified atom stereocenters. The van der Waals surface area contributed by atoms with Gasteiger partial charge in [0.2, 0.25) is 0 Å². The van der Waals surface area contributed by atoms with Crippen LogP contribution in [0.25, 0.3) is 0 Å². The Morgan fingerprint density at radius 1 is 1.53 bits per heavy atom. The van der Waals surface area contributed by atoms with Gasteiger partial charge >= 0.3 is 5.97 Å². The third-order valence-electron chi connectivity index (χ3n) is 3.21. The fourth-order valence-corrected chi connectivity index (χ4v) is 2.26. The first-order valence-corrected chi connectivity index (χ1v) is 6.18. The summed E-state index contributed by atoms with van der Waals surface area (Å²) in [5, 5.41) is 0. The highest BCUT2D eigenvalue weighted by molar-refractivity contribution is 5.87. The molecular weight excluding hydrogens is 216 g/mol. The van der Waals surface area contributed by atoms with Crippen molar-refractivity contribution in [2.24, 2.45) is 0 Å². The second kappa shape index (κ2) is 6.77. The summed E-state index contributed by atoms with van der Waals surface area (Å²) in [6.07, 6.45) is 4.48. The molecule has 0 aromatic rings. The van der Waals surface area contributed by atoms with Crippen molar-refractivity contribution in [3.05, 3.63) is 11.6 Å². The standard InChI is InChI=1S/C13H24N2O2/c1-11(13(16)17-4)7-9-15-8-5-6-12(15)10-14(2)3/h7,12H,5-6,8-10H2,1-4H3. The summed E-state index contributed by atoms with van der Waals surface area (Å²) in [4.78, 5) is 15.9. The van der Waals surface area contributed by atoms with Gasteiger partial charge in [0.25, 0.3) is 0 Å². The summed E-state index contributed by atoms with van der Waals surface area (Å²) >= 11 is 0. The van der Waals surface area contributed by atoms with E-state index in [0.29, 0.717) is 11.6 Å². The molecule has 1 rings (SSSR count). The van der Waals surface area contributed by atoms with Crippen LogP contribution in [-0.2, 0) is 9.53 Å². The van der Waals surface area contributed by atoms with Crippen molar-refractivity contribution in [3.8, 4) is 0 Å². The van der Waals surface area contributed by atoms with Crippen LogP contribution in [0.15, 0.2) is 11.6 Å². The van der Waals surface area contributed by atoms with E-state index in [-0.39, 0.29) is 5.97 Å². The van der Waals surface area contributed by atoms with E-state index in [9.17, 15) is 4.79 Å². The minimum Gasteiger partial charge on any atom is -0.466 e. The Hall–Kier alpha value is -0.870. The number of ether oxygens (including phenoxy) is 1. The highest BCUT2D eigenvalue weighted by Gasteiger charge is 2.23. The number of hydrogen-bond donors (Lipinski definition) is 0. The molecule has 0 aliphatic carbocycles. The first-order valence-electron chi connectivity index (χ1n) is 6.18. The fraction of sp³-hybridized carbons (Fsp3) is 0.769. The molecular formula is C13H24N2O2. The topological polar surface area (TPSA) is 32.8 Å². The molecule has 0 aromatic carbocycles. The summed E-state index contributed by atoms with van der Waals surface area (Å²) in [7, 11) is 5.63. The van der Waals surface area contributed by atoms with Crippen molar-refractivity contribution in [3.63, 3.8) is 0 Å². The molecule has 0 N–H and O–H groups in total. The molecule has 1 heterocycles. The Balaban J connectivity index is 2.47. The molecule has 0 radical (unpaired) electrons. The lowest BCUT2D eigenvalue weighted by molar-refractivity contribution is -0.136. The maximum atomic E-state index is 11.3. The lowest BCUT2D eigenvalue weighted by Gasteiger charge is -2.25. The number of likely N-dealkylation sites (N-methyl/N-ethyl adjacent to an activating group) is 1. The number of carbonyl (C=O) groups excluding carboxylic acids is 1. The van der Waals surface area contributed by atoms with Crippen LogP contribution < -0.4 is 0 Å². The van der Waals surface area contributed by atoms with Gasteiger partial charge in [-0.25, -0.2) is 4.79 Å². The molecule has 0 bridgehead atoms. The van der Waals surface area contributed by atoms with E-state index < -0.39 is 0 Å². The van der Waals surface area contributed by atoms with Crippen LogP contribution in [-0.4, -0.2) is 62.7 Å². The van der Waals surface area contributed by atoms with E-state index in [1.807, 2.05) is 13.0 Å². The molecule has 4 nitrogen and oxygen atoms in total. The van der Waals surface area contributed by atoms with Gasteiger partial charge in [0.15, 0.2) is 0 Å². The van der Waals surface area contributed by atoms with Gasteiger partial charge < -0.3 is 9.64 Å². The minimum atomic E-state index is -0.228.